The summed E-state index contributed by atoms with van der Waals surface area (Å²) in [5.41, 5.74) is 10.7. The summed E-state index contributed by atoms with van der Waals surface area (Å²) in [4.78, 5) is 21.4. The van der Waals surface area contributed by atoms with Crippen molar-refractivity contribution in [2.45, 2.75) is 44.2 Å². The fraction of sp³-hybridized carbons (Fsp3) is 0.455. The first-order valence-corrected chi connectivity index (χ1v) is 9.94. The number of hydrogen-bond donors (Lipinski definition) is 1. The first-order valence-electron chi connectivity index (χ1n) is 9.94. The predicted molar refractivity (Wildman–Crippen MR) is 108 cm³/mol. The summed E-state index contributed by atoms with van der Waals surface area (Å²) in [6, 6.07) is 10.5. The molecule has 1 fully saturated rings. The van der Waals surface area contributed by atoms with Gasteiger partial charge in [0.2, 0.25) is 0 Å². The van der Waals surface area contributed by atoms with Crippen molar-refractivity contribution >= 4 is 11.6 Å². The van der Waals surface area contributed by atoms with Crippen LogP contribution in [-0.2, 0) is 6.42 Å². The number of amides is 1. The lowest BCUT2D eigenvalue weighted by Gasteiger charge is -2.38. The van der Waals surface area contributed by atoms with Gasteiger partial charge in [-0.3, -0.25) is 9.78 Å². The highest BCUT2D eigenvalue weighted by Gasteiger charge is 2.27. The Balaban J connectivity index is 1.42. The molecule has 1 aromatic carbocycles. The van der Waals surface area contributed by atoms with Crippen molar-refractivity contribution in [1.29, 1.82) is 0 Å². The minimum absolute atomic E-state index is 0.0652. The molecular formula is C22H28N4O. The van der Waals surface area contributed by atoms with E-state index in [4.69, 9.17) is 5.73 Å². The van der Waals surface area contributed by atoms with Gasteiger partial charge in [0.15, 0.2) is 0 Å². The Hall–Kier alpha value is -2.40. The number of fused-ring (bicyclic) bond motifs is 1. The maximum absolute atomic E-state index is 13.1. The van der Waals surface area contributed by atoms with E-state index in [2.05, 4.69) is 16.0 Å². The Labute approximate surface area is 161 Å². The summed E-state index contributed by atoms with van der Waals surface area (Å²) in [6.45, 7) is 1.92. The van der Waals surface area contributed by atoms with E-state index in [1.807, 2.05) is 48.6 Å². The molecule has 2 aliphatic rings. The van der Waals surface area contributed by atoms with Gasteiger partial charge in [-0.25, -0.2) is 0 Å². The van der Waals surface area contributed by atoms with E-state index < -0.39 is 0 Å². The van der Waals surface area contributed by atoms with Crippen molar-refractivity contribution in [3.63, 3.8) is 0 Å². The van der Waals surface area contributed by atoms with Crippen molar-refractivity contribution in [2.24, 2.45) is 5.73 Å². The second-order valence-electron chi connectivity index (χ2n) is 7.75. The number of nitrogens with zero attached hydrogens (tertiary/aromatic N) is 3. The number of nitrogens with two attached hydrogens (primary N) is 1. The lowest BCUT2D eigenvalue weighted by molar-refractivity contribution is 0.0709. The Morgan fingerprint density at radius 2 is 1.89 bits per heavy atom. The van der Waals surface area contributed by atoms with Crippen molar-refractivity contribution < 1.29 is 4.79 Å². The van der Waals surface area contributed by atoms with E-state index in [9.17, 15) is 4.79 Å². The SMILES string of the molecule is CN(C(=O)c1ccc2c(c1)C(N)CCC2)C1CCN(c2ccncc2)CC1. The Morgan fingerprint density at radius 3 is 2.63 bits per heavy atom. The summed E-state index contributed by atoms with van der Waals surface area (Å²) in [6.07, 6.45) is 8.84. The van der Waals surface area contributed by atoms with Crippen LogP contribution in [0.5, 0.6) is 0 Å². The van der Waals surface area contributed by atoms with Crippen LogP contribution >= 0.6 is 0 Å². The van der Waals surface area contributed by atoms with E-state index in [1.165, 1.54) is 11.3 Å². The molecule has 0 spiro atoms. The van der Waals surface area contributed by atoms with Gasteiger partial charge in [0.25, 0.3) is 5.91 Å². The number of aryl methyl sites for hydroxylation is 1. The molecular weight excluding hydrogens is 336 g/mol. The van der Waals surface area contributed by atoms with Crippen molar-refractivity contribution in [1.82, 2.24) is 9.88 Å². The highest BCUT2D eigenvalue weighted by atomic mass is 16.2. The van der Waals surface area contributed by atoms with Crippen LogP contribution in [-0.4, -0.2) is 42.0 Å². The number of carbonyl (C=O) groups excluding carboxylic acids is 1. The molecule has 4 rings (SSSR count). The quantitative estimate of drug-likeness (QED) is 0.909. The van der Waals surface area contributed by atoms with Gasteiger partial charge in [-0.05, 0) is 67.5 Å². The normalized spacial score (nSPS) is 20.2. The van der Waals surface area contributed by atoms with Crippen molar-refractivity contribution in [2.75, 3.05) is 25.0 Å². The highest BCUT2D eigenvalue weighted by Crippen LogP contribution is 2.29. The monoisotopic (exact) mass is 364 g/mol. The van der Waals surface area contributed by atoms with Crippen LogP contribution < -0.4 is 10.6 Å². The van der Waals surface area contributed by atoms with Crippen molar-refractivity contribution in [3.05, 3.63) is 59.4 Å². The molecule has 0 radical (unpaired) electrons. The molecule has 5 nitrogen and oxygen atoms in total. The average molecular weight is 364 g/mol. The van der Waals surface area contributed by atoms with Gasteiger partial charge in [-0.15, -0.1) is 0 Å². The van der Waals surface area contributed by atoms with Gasteiger partial charge < -0.3 is 15.5 Å². The summed E-state index contributed by atoms with van der Waals surface area (Å²) in [7, 11) is 1.94. The molecule has 1 atom stereocenters. The number of benzene rings is 1. The molecule has 1 amide bonds. The molecule has 1 saturated heterocycles. The van der Waals surface area contributed by atoms with Crippen LogP contribution in [0.25, 0.3) is 0 Å². The molecule has 0 saturated carbocycles. The molecule has 1 aliphatic carbocycles. The standard InChI is InChI=1S/C22H28N4O/c1-25(18-9-13-26(14-10-18)19-7-11-24-12-8-19)22(27)17-6-5-16-3-2-4-21(23)20(16)15-17/h5-8,11-12,15,18,21H,2-4,9-10,13-14,23H2,1H3. The van der Waals surface area contributed by atoms with Gasteiger partial charge in [0.05, 0.1) is 0 Å². The van der Waals surface area contributed by atoms with Crippen LogP contribution in [0.4, 0.5) is 5.69 Å². The van der Waals surface area contributed by atoms with Gasteiger partial charge in [0.1, 0.15) is 0 Å². The minimum Gasteiger partial charge on any atom is -0.371 e. The summed E-state index contributed by atoms with van der Waals surface area (Å²) < 4.78 is 0. The lowest BCUT2D eigenvalue weighted by Crippen LogP contribution is -2.45. The van der Waals surface area contributed by atoms with E-state index in [1.54, 1.807) is 0 Å². The van der Waals surface area contributed by atoms with E-state index in [0.717, 1.165) is 56.3 Å². The van der Waals surface area contributed by atoms with Gasteiger partial charge in [-0.1, -0.05) is 6.07 Å². The number of pyridine rings is 1. The van der Waals surface area contributed by atoms with E-state index in [0.29, 0.717) is 0 Å². The lowest BCUT2D eigenvalue weighted by atomic mass is 9.87. The molecule has 2 aromatic rings. The fourth-order valence-corrected chi connectivity index (χ4v) is 4.40. The van der Waals surface area contributed by atoms with Crippen LogP contribution in [0, 0.1) is 0 Å². The van der Waals surface area contributed by atoms with Crippen molar-refractivity contribution in [3.8, 4) is 0 Å². The zero-order valence-corrected chi connectivity index (χ0v) is 16.0. The largest absolute Gasteiger partial charge is 0.371 e. The minimum atomic E-state index is 0.0652. The zero-order valence-electron chi connectivity index (χ0n) is 16.0. The zero-order chi connectivity index (χ0) is 18.8. The number of rotatable bonds is 3. The maximum Gasteiger partial charge on any atom is 0.253 e. The van der Waals surface area contributed by atoms with E-state index in [-0.39, 0.29) is 18.0 Å². The molecule has 5 heteroatoms. The highest BCUT2D eigenvalue weighted by molar-refractivity contribution is 5.94. The Morgan fingerprint density at radius 1 is 1.15 bits per heavy atom. The second-order valence-corrected chi connectivity index (χ2v) is 7.75. The fourth-order valence-electron chi connectivity index (χ4n) is 4.40. The number of anilines is 1. The molecule has 142 valence electrons. The Kier molecular flexibility index (Phi) is 5.12. The molecule has 1 aromatic heterocycles. The first-order chi connectivity index (χ1) is 13.1. The summed E-state index contributed by atoms with van der Waals surface area (Å²) >= 11 is 0. The third kappa shape index (κ3) is 3.69. The van der Waals surface area contributed by atoms with Gasteiger partial charge in [-0.2, -0.15) is 0 Å². The van der Waals surface area contributed by atoms with Crippen LogP contribution in [0.3, 0.4) is 0 Å². The molecule has 2 heterocycles. The number of hydrogen-bond acceptors (Lipinski definition) is 4. The number of piperidine rings is 1. The summed E-state index contributed by atoms with van der Waals surface area (Å²) in [5, 5.41) is 0. The smallest absolute Gasteiger partial charge is 0.253 e. The maximum atomic E-state index is 13.1. The average Bonchev–Trinajstić information content (AvgIpc) is 2.73. The summed E-state index contributed by atoms with van der Waals surface area (Å²) in [5.74, 6) is 0.109. The molecule has 2 N–H and O–H groups in total. The Bertz CT molecular complexity index is 799. The number of carbonyl (C=O) groups is 1. The van der Waals surface area contributed by atoms with Gasteiger partial charge >= 0.3 is 0 Å². The van der Waals surface area contributed by atoms with E-state index >= 15 is 0 Å². The molecule has 0 bridgehead atoms. The molecule has 27 heavy (non-hydrogen) atoms. The molecule has 1 aliphatic heterocycles. The third-order valence-electron chi connectivity index (χ3n) is 6.11. The second kappa shape index (κ2) is 7.69. The topological polar surface area (TPSA) is 62.5 Å². The third-order valence-corrected chi connectivity index (χ3v) is 6.11. The predicted octanol–water partition coefficient (Wildman–Crippen LogP) is 3.16. The van der Waals surface area contributed by atoms with Crippen LogP contribution in [0.2, 0.25) is 0 Å². The van der Waals surface area contributed by atoms with Gasteiger partial charge in [0, 0.05) is 55.9 Å². The molecule has 1 unspecified atom stereocenters. The first kappa shape index (κ1) is 18.0. The van der Waals surface area contributed by atoms with Crippen LogP contribution in [0.15, 0.2) is 42.7 Å². The van der Waals surface area contributed by atoms with Crippen LogP contribution in [0.1, 0.15) is 53.2 Å². The number of aromatic nitrogens is 1.